The van der Waals surface area contributed by atoms with Crippen molar-refractivity contribution < 1.29 is 9.59 Å². The van der Waals surface area contributed by atoms with Crippen molar-refractivity contribution in [3.8, 4) is 0 Å². The standard InChI is InChI=1S/C16H13BrClNO2/c17-12-7-5-11(6-8-12)15(20)9-10-16(21)19-14-4-2-1-3-13(14)18/h1-8H,9-10H2,(H,19,21). The molecule has 0 fully saturated rings. The zero-order valence-electron chi connectivity index (χ0n) is 11.1. The van der Waals surface area contributed by atoms with Gasteiger partial charge < -0.3 is 5.32 Å². The first-order valence-corrected chi connectivity index (χ1v) is 7.56. The summed E-state index contributed by atoms with van der Waals surface area (Å²) in [4.78, 5) is 23.8. The lowest BCUT2D eigenvalue weighted by molar-refractivity contribution is -0.116. The second-order valence-corrected chi connectivity index (χ2v) is 5.78. The topological polar surface area (TPSA) is 46.2 Å². The Labute approximate surface area is 136 Å². The largest absolute Gasteiger partial charge is 0.325 e. The fourth-order valence-corrected chi connectivity index (χ4v) is 2.23. The van der Waals surface area contributed by atoms with Gasteiger partial charge in [-0.2, -0.15) is 0 Å². The van der Waals surface area contributed by atoms with Crippen LogP contribution < -0.4 is 5.32 Å². The molecule has 0 bridgehead atoms. The van der Waals surface area contributed by atoms with Gasteiger partial charge in [0.15, 0.2) is 5.78 Å². The summed E-state index contributed by atoms with van der Waals surface area (Å²) in [6.07, 6.45) is 0.290. The third-order valence-electron chi connectivity index (χ3n) is 2.89. The molecule has 108 valence electrons. The maximum absolute atomic E-state index is 12.0. The maximum atomic E-state index is 12.0. The van der Waals surface area contributed by atoms with Gasteiger partial charge >= 0.3 is 0 Å². The van der Waals surface area contributed by atoms with Crippen LogP contribution in [0.15, 0.2) is 53.0 Å². The van der Waals surface area contributed by atoms with E-state index >= 15 is 0 Å². The Kier molecular flexibility index (Phi) is 5.53. The van der Waals surface area contributed by atoms with Crippen molar-refractivity contribution in [1.82, 2.24) is 0 Å². The van der Waals surface area contributed by atoms with Gasteiger partial charge in [0.1, 0.15) is 0 Å². The highest BCUT2D eigenvalue weighted by molar-refractivity contribution is 9.10. The van der Waals surface area contributed by atoms with E-state index in [0.29, 0.717) is 16.3 Å². The second-order valence-electron chi connectivity index (χ2n) is 4.46. The van der Waals surface area contributed by atoms with Crippen molar-refractivity contribution in [3.05, 3.63) is 63.6 Å². The Bertz CT molecular complexity index is 656. The van der Waals surface area contributed by atoms with E-state index in [4.69, 9.17) is 11.6 Å². The minimum Gasteiger partial charge on any atom is -0.325 e. The van der Waals surface area contributed by atoms with Gasteiger partial charge in [-0.3, -0.25) is 9.59 Å². The van der Waals surface area contributed by atoms with E-state index in [0.717, 1.165) is 4.47 Å². The Hall–Kier alpha value is -1.65. The minimum absolute atomic E-state index is 0.0585. The maximum Gasteiger partial charge on any atom is 0.224 e. The number of ketones is 1. The molecule has 21 heavy (non-hydrogen) atoms. The van der Waals surface area contributed by atoms with Crippen LogP contribution in [0.25, 0.3) is 0 Å². The van der Waals surface area contributed by atoms with Crippen LogP contribution in [-0.4, -0.2) is 11.7 Å². The van der Waals surface area contributed by atoms with E-state index in [2.05, 4.69) is 21.2 Å². The van der Waals surface area contributed by atoms with E-state index < -0.39 is 0 Å². The number of hydrogen-bond acceptors (Lipinski definition) is 2. The lowest BCUT2D eigenvalue weighted by Crippen LogP contribution is -2.13. The number of carbonyl (C=O) groups is 2. The number of nitrogens with one attached hydrogen (secondary N) is 1. The summed E-state index contributed by atoms with van der Waals surface area (Å²) in [5.74, 6) is -0.287. The third kappa shape index (κ3) is 4.69. The molecular weight excluding hydrogens is 354 g/mol. The Balaban J connectivity index is 1.88. The van der Waals surface area contributed by atoms with Crippen LogP contribution in [0.5, 0.6) is 0 Å². The third-order valence-corrected chi connectivity index (χ3v) is 3.75. The van der Waals surface area contributed by atoms with Gasteiger partial charge in [-0.25, -0.2) is 0 Å². The summed E-state index contributed by atoms with van der Waals surface area (Å²) in [5, 5.41) is 3.17. The summed E-state index contributed by atoms with van der Waals surface area (Å²) < 4.78 is 0.913. The Morgan fingerprint density at radius 3 is 2.33 bits per heavy atom. The van der Waals surface area contributed by atoms with Gasteiger partial charge in [0.2, 0.25) is 5.91 Å². The molecule has 0 heterocycles. The highest BCUT2D eigenvalue weighted by Gasteiger charge is 2.10. The fraction of sp³-hybridized carbons (Fsp3) is 0.125. The molecule has 0 saturated carbocycles. The summed E-state index contributed by atoms with van der Waals surface area (Å²) in [7, 11) is 0. The summed E-state index contributed by atoms with van der Waals surface area (Å²) in [6.45, 7) is 0. The molecule has 0 unspecified atom stereocenters. The molecule has 0 spiro atoms. The molecule has 5 heteroatoms. The second kappa shape index (κ2) is 7.38. The zero-order chi connectivity index (χ0) is 15.2. The molecule has 1 N–H and O–H groups in total. The molecule has 0 radical (unpaired) electrons. The van der Waals surface area contributed by atoms with Gasteiger partial charge in [-0.1, -0.05) is 51.8 Å². The van der Waals surface area contributed by atoms with Crippen molar-refractivity contribution in [1.29, 1.82) is 0 Å². The average Bonchev–Trinajstić information content (AvgIpc) is 2.48. The van der Waals surface area contributed by atoms with Gasteiger partial charge in [0.05, 0.1) is 10.7 Å². The number of amides is 1. The van der Waals surface area contributed by atoms with E-state index in [1.54, 1.807) is 48.5 Å². The molecule has 0 aliphatic carbocycles. The molecular formula is C16H13BrClNO2. The minimum atomic E-state index is -0.228. The number of hydrogen-bond donors (Lipinski definition) is 1. The molecule has 2 aromatic carbocycles. The molecule has 2 rings (SSSR count). The van der Waals surface area contributed by atoms with Crippen LogP contribution in [0.2, 0.25) is 5.02 Å². The number of rotatable bonds is 5. The number of anilines is 1. The zero-order valence-corrected chi connectivity index (χ0v) is 13.4. The average molecular weight is 367 g/mol. The number of para-hydroxylation sites is 1. The highest BCUT2D eigenvalue weighted by atomic mass is 79.9. The molecule has 1 amide bonds. The summed E-state index contributed by atoms with van der Waals surface area (Å²) in [6, 6.07) is 14.1. The Morgan fingerprint density at radius 2 is 1.67 bits per heavy atom. The van der Waals surface area contributed by atoms with Crippen LogP contribution in [-0.2, 0) is 4.79 Å². The first-order chi connectivity index (χ1) is 10.1. The smallest absolute Gasteiger partial charge is 0.224 e. The van der Waals surface area contributed by atoms with Crippen molar-refractivity contribution >= 4 is 44.9 Å². The molecule has 0 aliphatic heterocycles. The molecule has 0 aromatic heterocycles. The van der Waals surface area contributed by atoms with Gasteiger partial charge in [0.25, 0.3) is 0 Å². The summed E-state index contributed by atoms with van der Waals surface area (Å²) >= 11 is 9.27. The van der Waals surface area contributed by atoms with Crippen molar-refractivity contribution in [2.24, 2.45) is 0 Å². The van der Waals surface area contributed by atoms with Crippen LogP contribution in [0, 0.1) is 0 Å². The lowest BCUT2D eigenvalue weighted by Gasteiger charge is -2.06. The predicted octanol–water partition coefficient (Wildman–Crippen LogP) is 4.70. The quantitative estimate of drug-likeness (QED) is 0.779. The predicted molar refractivity (Wildman–Crippen MR) is 87.8 cm³/mol. The normalized spacial score (nSPS) is 10.2. The molecule has 0 aliphatic rings. The number of benzene rings is 2. The van der Waals surface area contributed by atoms with E-state index in [1.165, 1.54) is 0 Å². The summed E-state index contributed by atoms with van der Waals surface area (Å²) in [5.41, 5.74) is 1.16. The molecule has 0 atom stereocenters. The van der Waals surface area contributed by atoms with Crippen molar-refractivity contribution in [2.45, 2.75) is 12.8 Å². The molecule has 2 aromatic rings. The first-order valence-electron chi connectivity index (χ1n) is 6.39. The fourth-order valence-electron chi connectivity index (χ4n) is 1.78. The van der Waals surface area contributed by atoms with E-state index in [-0.39, 0.29) is 24.5 Å². The van der Waals surface area contributed by atoms with Gasteiger partial charge in [0, 0.05) is 22.9 Å². The van der Waals surface area contributed by atoms with Crippen LogP contribution >= 0.6 is 27.5 Å². The monoisotopic (exact) mass is 365 g/mol. The van der Waals surface area contributed by atoms with Crippen LogP contribution in [0.3, 0.4) is 0 Å². The lowest BCUT2D eigenvalue weighted by atomic mass is 10.1. The Morgan fingerprint density at radius 1 is 1.00 bits per heavy atom. The van der Waals surface area contributed by atoms with E-state index in [1.807, 2.05) is 0 Å². The highest BCUT2D eigenvalue weighted by Crippen LogP contribution is 2.20. The molecule has 0 saturated heterocycles. The van der Waals surface area contributed by atoms with Crippen LogP contribution in [0.1, 0.15) is 23.2 Å². The first kappa shape index (κ1) is 15.7. The molecule has 3 nitrogen and oxygen atoms in total. The number of halogens is 2. The van der Waals surface area contributed by atoms with Crippen molar-refractivity contribution in [3.63, 3.8) is 0 Å². The van der Waals surface area contributed by atoms with E-state index in [9.17, 15) is 9.59 Å². The van der Waals surface area contributed by atoms with Gasteiger partial charge in [-0.15, -0.1) is 0 Å². The number of Topliss-reactive ketones (excluding diaryl/α,β-unsaturated/α-hetero) is 1. The SMILES string of the molecule is O=C(CCC(=O)c1ccc(Br)cc1)Nc1ccccc1Cl. The number of carbonyl (C=O) groups excluding carboxylic acids is 2. The van der Waals surface area contributed by atoms with Gasteiger partial charge in [-0.05, 0) is 24.3 Å². The van der Waals surface area contributed by atoms with Crippen LogP contribution in [0.4, 0.5) is 5.69 Å². The van der Waals surface area contributed by atoms with Crippen molar-refractivity contribution in [2.75, 3.05) is 5.32 Å².